The van der Waals surface area contributed by atoms with E-state index in [0.717, 1.165) is 0 Å². The molecule has 2 aromatic rings. The quantitative estimate of drug-likeness (QED) is 0.644. The lowest BCUT2D eigenvalue weighted by Gasteiger charge is -2.29. The van der Waals surface area contributed by atoms with E-state index in [2.05, 4.69) is 5.32 Å². The zero-order valence-corrected chi connectivity index (χ0v) is 15.1. The Morgan fingerprint density at radius 2 is 2.04 bits per heavy atom. The Bertz CT molecular complexity index is 842. The van der Waals surface area contributed by atoms with E-state index in [4.69, 9.17) is 9.47 Å². The van der Waals surface area contributed by atoms with Gasteiger partial charge in [-0.25, -0.2) is 4.79 Å². The fraction of sp³-hybridized carbons (Fsp3) is 0.316. The first kappa shape index (κ1) is 18.5. The maximum Gasteiger partial charge on any atom is 0.317 e. The molecule has 8 heteroatoms. The first-order valence-electron chi connectivity index (χ1n) is 8.59. The minimum atomic E-state index is -0.450. The zero-order chi connectivity index (χ0) is 19.4. The van der Waals surface area contributed by atoms with Crippen LogP contribution in [-0.2, 0) is 0 Å². The molecule has 8 nitrogen and oxygen atoms in total. The standard InChI is InChI=1S/C19H21N3O5/c1-13(14-6-5-7-15(10-14)22(24)25)21(2)19(23)20-11-16-12-26-17-8-3-4-9-18(17)27-16/h3-10,13,16H,11-12H2,1-2H3,(H,20,23)/t13-,16+/m0/s1. The summed E-state index contributed by atoms with van der Waals surface area (Å²) >= 11 is 0. The van der Waals surface area contributed by atoms with Crippen LogP contribution in [0.4, 0.5) is 10.5 Å². The molecule has 0 bridgehead atoms. The molecule has 142 valence electrons. The number of para-hydroxylation sites is 2. The van der Waals surface area contributed by atoms with Gasteiger partial charge in [-0.15, -0.1) is 0 Å². The molecule has 2 aromatic carbocycles. The zero-order valence-electron chi connectivity index (χ0n) is 15.1. The van der Waals surface area contributed by atoms with Gasteiger partial charge in [0.25, 0.3) is 5.69 Å². The van der Waals surface area contributed by atoms with E-state index in [9.17, 15) is 14.9 Å². The van der Waals surface area contributed by atoms with Crippen LogP contribution in [0.1, 0.15) is 18.5 Å². The number of hydrogen-bond donors (Lipinski definition) is 1. The molecular weight excluding hydrogens is 350 g/mol. The fourth-order valence-electron chi connectivity index (χ4n) is 2.79. The number of amides is 2. The number of carbonyl (C=O) groups excluding carboxylic acids is 1. The number of nitro benzene ring substituents is 1. The predicted octanol–water partition coefficient (Wildman–Crippen LogP) is 3.14. The van der Waals surface area contributed by atoms with E-state index in [-0.39, 0.29) is 23.9 Å². The molecule has 0 saturated carbocycles. The molecule has 1 aliphatic rings. The van der Waals surface area contributed by atoms with Crippen molar-refractivity contribution in [2.45, 2.75) is 19.1 Å². The fourth-order valence-corrected chi connectivity index (χ4v) is 2.79. The van der Waals surface area contributed by atoms with E-state index in [1.54, 1.807) is 19.2 Å². The highest BCUT2D eigenvalue weighted by atomic mass is 16.6. The number of ether oxygens (including phenoxy) is 2. The van der Waals surface area contributed by atoms with Crippen molar-refractivity contribution in [2.75, 3.05) is 20.2 Å². The summed E-state index contributed by atoms with van der Waals surface area (Å²) in [5.74, 6) is 1.35. The van der Waals surface area contributed by atoms with E-state index in [1.165, 1.54) is 17.0 Å². The molecule has 0 spiro atoms. The van der Waals surface area contributed by atoms with Gasteiger partial charge in [0, 0.05) is 19.2 Å². The molecule has 1 N–H and O–H groups in total. The lowest BCUT2D eigenvalue weighted by molar-refractivity contribution is -0.384. The van der Waals surface area contributed by atoms with Gasteiger partial charge in [0.05, 0.1) is 17.5 Å². The average Bonchev–Trinajstić information content (AvgIpc) is 2.70. The third kappa shape index (κ3) is 4.28. The molecule has 3 rings (SSSR count). The van der Waals surface area contributed by atoms with Gasteiger partial charge < -0.3 is 19.7 Å². The van der Waals surface area contributed by atoms with E-state index in [0.29, 0.717) is 30.2 Å². The highest BCUT2D eigenvalue weighted by Crippen LogP contribution is 2.30. The van der Waals surface area contributed by atoms with Gasteiger partial charge >= 0.3 is 6.03 Å². The topological polar surface area (TPSA) is 93.9 Å². The predicted molar refractivity (Wildman–Crippen MR) is 99.0 cm³/mol. The Kier molecular flexibility index (Phi) is 5.44. The van der Waals surface area contributed by atoms with Gasteiger partial charge in [-0.1, -0.05) is 24.3 Å². The smallest absolute Gasteiger partial charge is 0.317 e. The summed E-state index contributed by atoms with van der Waals surface area (Å²) in [4.78, 5) is 24.4. The number of nitrogens with one attached hydrogen (secondary N) is 1. The Morgan fingerprint density at radius 3 is 2.78 bits per heavy atom. The Balaban J connectivity index is 1.56. The van der Waals surface area contributed by atoms with Crippen molar-refractivity contribution in [1.82, 2.24) is 10.2 Å². The molecule has 2 amide bonds. The average molecular weight is 371 g/mol. The van der Waals surface area contributed by atoms with Gasteiger partial charge in [-0.2, -0.15) is 0 Å². The molecular formula is C19H21N3O5. The number of fused-ring (bicyclic) bond motifs is 1. The van der Waals surface area contributed by atoms with Crippen molar-refractivity contribution in [2.24, 2.45) is 0 Å². The molecule has 0 fully saturated rings. The largest absolute Gasteiger partial charge is 0.486 e. The second-order valence-electron chi connectivity index (χ2n) is 6.32. The van der Waals surface area contributed by atoms with Crippen LogP contribution in [-0.4, -0.2) is 42.2 Å². The van der Waals surface area contributed by atoms with Gasteiger partial charge in [-0.05, 0) is 24.6 Å². The second kappa shape index (κ2) is 7.94. The van der Waals surface area contributed by atoms with Gasteiger partial charge in [0.15, 0.2) is 17.6 Å². The number of rotatable bonds is 5. The number of nitro groups is 1. The van der Waals surface area contributed by atoms with Crippen LogP contribution in [0, 0.1) is 10.1 Å². The molecule has 0 radical (unpaired) electrons. The summed E-state index contributed by atoms with van der Waals surface area (Å²) in [5.41, 5.74) is 0.688. The Hall–Kier alpha value is -3.29. The molecule has 27 heavy (non-hydrogen) atoms. The summed E-state index contributed by atoms with van der Waals surface area (Å²) < 4.78 is 11.4. The first-order valence-corrected chi connectivity index (χ1v) is 8.59. The number of nitrogens with zero attached hydrogens (tertiary/aromatic N) is 2. The maximum absolute atomic E-state index is 12.4. The van der Waals surface area contributed by atoms with Crippen LogP contribution < -0.4 is 14.8 Å². The first-order chi connectivity index (χ1) is 13.0. The van der Waals surface area contributed by atoms with E-state index < -0.39 is 4.92 Å². The van der Waals surface area contributed by atoms with Gasteiger partial charge in [0.1, 0.15) is 6.61 Å². The van der Waals surface area contributed by atoms with E-state index >= 15 is 0 Å². The molecule has 1 heterocycles. The van der Waals surface area contributed by atoms with Gasteiger partial charge in [-0.3, -0.25) is 10.1 Å². The minimum absolute atomic E-state index is 0.000391. The van der Waals surface area contributed by atoms with Crippen LogP contribution in [0.2, 0.25) is 0 Å². The maximum atomic E-state index is 12.4. The van der Waals surface area contributed by atoms with Crippen LogP contribution in [0.5, 0.6) is 11.5 Å². The number of urea groups is 1. The normalized spacial score (nSPS) is 16.3. The number of non-ortho nitro benzene ring substituents is 1. The summed E-state index contributed by atoms with van der Waals surface area (Å²) in [6.45, 7) is 2.45. The lowest BCUT2D eigenvalue weighted by atomic mass is 10.1. The van der Waals surface area contributed by atoms with Crippen LogP contribution >= 0.6 is 0 Å². The minimum Gasteiger partial charge on any atom is -0.486 e. The molecule has 0 aromatic heterocycles. The summed E-state index contributed by atoms with van der Waals surface area (Å²) in [6, 6.07) is 13.0. The van der Waals surface area contributed by atoms with Crippen molar-refractivity contribution in [3.63, 3.8) is 0 Å². The lowest BCUT2D eigenvalue weighted by Crippen LogP contribution is -2.45. The summed E-state index contributed by atoms with van der Waals surface area (Å²) in [7, 11) is 1.65. The van der Waals surface area contributed by atoms with Crippen molar-refractivity contribution in [3.8, 4) is 11.5 Å². The highest BCUT2D eigenvalue weighted by molar-refractivity contribution is 5.74. The number of hydrogen-bond acceptors (Lipinski definition) is 5. The number of benzene rings is 2. The Morgan fingerprint density at radius 1 is 1.30 bits per heavy atom. The van der Waals surface area contributed by atoms with Gasteiger partial charge in [0.2, 0.25) is 0 Å². The van der Waals surface area contributed by atoms with E-state index in [1.807, 2.05) is 31.2 Å². The van der Waals surface area contributed by atoms with Crippen LogP contribution in [0.3, 0.4) is 0 Å². The SMILES string of the molecule is C[C@@H](c1cccc([N+](=O)[O-])c1)N(C)C(=O)NC[C@@H]1COc2ccccc2O1. The monoisotopic (exact) mass is 371 g/mol. The van der Waals surface area contributed by atoms with Crippen molar-refractivity contribution in [1.29, 1.82) is 0 Å². The second-order valence-corrected chi connectivity index (χ2v) is 6.32. The summed E-state index contributed by atoms with van der Waals surface area (Å²) in [6.07, 6.45) is -0.287. The molecule has 1 aliphatic heterocycles. The highest BCUT2D eigenvalue weighted by Gasteiger charge is 2.23. The van der Waals surface area contributed by atoms with Crippen molar-refractivity contribution < 1.29 is 19.2 Å². The van der Waals surface area contributed by atoms with Crippen LogP contribution in [0.25, 0.3) is 0 Å². The van der Waals surface area contributed by atoms with Crippen molar-refractivity contribution >= 4 is 11.7 Å². The molecule has 0 aliphatic carbocycles. The third-order valence-electron chi connectivity index (χ3n) is 4.51. The summed E-state index contributed by atoms with van der Waals surface area (Å²) in [5, 5.41) is 13.8. The van der Waals surface area contributed by atoms with Crippen molar-refractivity contribution in [3.05, 3.63) is 64.2 Å². The third-order valence-corrected chi connectivity index (χ3v) is 4.51. The Labute approximate surface area is 156 Å². The molecule has 0 unspecified atom stereocenters. The number of carbonyl (C=O) groups is 1. The van der Waals surface area contributed by atoms with Crippen LogP contribution in [0.15, 0.2) is 48.5 Å². The molecule has 2 atom stereocenters. The molecule has 0 saturated heterocycles.